The summed E-state index contributed by atoms with van der Waals surface area (Å²) >= 11 is 0. The van der Waals surface area contributed by atoms with Gasteiger partial charge in [-0.2, -0.15) is 0 Å². The Bertz CT molecular complexity index is 559. The molecule has 0 amide bonds. The average molecular weight is 254 g/mol. The van der Waals surface area contributed by atoms with Crippen LogP contribution in [0.4, 0.5) is 11.4 Å². The Balaban J connectivity index is 2.64. The molecule has 100 valence electrons. The van der Waals surface area contributed by atoms with Gasteiger partial charge >= 0.3 is 0 Å². The summed E-state index contributed by atoms with van der Waals surface area (Å²) in [5.74, 6) is 0. The van der Waals surface area contributed by atoms with E-state index >= 15 is 0 Å². The summed E-state index contributed by atoms with van der Waals surface area (Å²) in [4.78, 5) is 0. The average Bonchev–Trinajstić information content (AvgIpc) is 2.35. The van der Waals surface area contributed by atoms with E-state index in [4.69, 9.17) is 11.5 Å². The Labute approximate surface area is 115 Å². The molecule has 19 heavy (non-hydrogen) atoms. The van der Waals surface area contributed by atoms with Crippen LogP contribution in [0, 0.1) is 13.8 Å². The van der Waals surface area contributed by atoms with E-state index in [9.17, 15) is 0 Å². The quantitative estimate of drug-likeness (QED) is 0.801. The molecular weight excluding hydrogens is 232 g/mol. The van der Waals surface area contributed by atoms with Crippen molar-refractivity contribution in [2.24, 2.45) is 0 Å². The van der Waals surface area contributed by atoms with Gasteiger partial charge in [-0.3, -0.25) is 0 Å². The van der Waals surface area contributed by atoms with Crippen LogP contribution in [0.25, 0.3) is 0 Å². The minimum atomic E-state index is -0.202. The van der Waals surface area contributed by atoms with Gasteiger partial charge in [0.1, 0.15) is 0 Å². The fraction of sp³-hybridized carbons (Fsp3) is 0.294. The molecule has 0 unspecified atom stereocenters. The van der Waals surface area contributed by atoms with Crippen LogP contribution < -0.4 is 11.5 Å². The summed E-state index contributed by atoms with van der Waals surface area (Å²) in [6.07, 6.45) is 0. The zero-order chi connectivity index (χ0) is 14.2. The van der Waals surface area contributed by atoms with Crippen molar-refractivity contribution in [3.63, 3.8) is 0 Å². The van der Waals surface area contributed by atoms with Gasteiger partial charge in [-0.05, 0) is 37.1 Å². The molecular formula is C17H22N2. The lowest BCUT2D eigenvalue weighted by molar-refractivity contribution is 0.644. The normalized spacial score (nSPS) is 11.6. The topological polar surface area (TPSA) is 52.0 Å². The first-order chi connectivity index (χ1) is 8.82. The number of aryl methyl sites for hydroxylation is 2. The van der Waals surface area contributed by atoms with Crippen molar-refractivity contribution < 1.29 is 0 Å². The Hall–Kier alpha value is -1.96. The Morgan fingerprint density at radius 3 is 1.47 bits per heavy atom. The highest BCUT2D eigenvalue weighted by Crippen LogP contribution is 2.38. The largest absolute Gasteiger partial charge is 0.398 e. The van der Waals surface area contributed by atoms with Crippen molar-refractivity contribution in [3.8, 4) is 0 Å². The molecule has 2 aromatic carbocycles. The fourth-order valence-corrected chi connectivity index (χ4v) is 2.57. The molecule has 0 atom stereocenters. The maximum atomic E-state index is 6.16. The molecule has 0 aliphatic rings. The van der Waals surface area contributed by atoms with Crippen LogP contribution in [-0.2, 0) is 5.41 Å². The number of anilines is 2. The molecule has 0 radical (unpaired) electrons. The second-order valence-corrected chi connectivity index (χ2v) is 5.81. The van der Waals surface area contributed by atoms with Gasteiger partial charge in [0.25, 0.3) is 0 Å². The SMILES string of the molecule is Cc1ccc(N)c(C(C)(C)c2cc(C)ccc2N)c1. The first-order valence-electron chi connectivity index (χ1n) is 6.55. The van der Waals surface area contributed by atoms with Crippen molar-refractivity contribution in [1.29, 1.82) is 0 Å². The van der Waals surface area contributed by atoms with Crippen LogP contribution >= 0.6 is 0 Å². The number of hydrogen-bond acceptors (Lipinski definition) is 2. The highest BCUT2D eigenvalue weighted by Gasteiger charge is 2.27. The van der Waals surface area contributed by atoms with E-state index < -0.39 is 0 Å². The van der Waals surface area contributed by atoms with E-state index in [0.717, 1.165) is 22.5 Å². The summed E-state index contributed by atoms with van der Waals surface area (Å²) in [6, 6.07) is 12.3. The third-order valence-corrected chi connectivity index (χ3v) is 3.76. The third-order valence-electron chi connectivity index (χ3n) is 3.76. The molecule has 2 rings (SSSR count). The lowest BCUT2D eigenvalue weighted by Crippen LogP contribution is -2.22. The molecule has 0 spiro atoms. The van der Waals surface area contributed by atoms with Crippen LogP contribution in [0.15, 0.2) is 36.4 Å². The molecule has 2 nitrogen and oxygen atoms in total. The van der Waals surface area contributed by atoms with Crippen molar-refractivity contribution >= 4 is 11.4 Å². The Morgan fingerprint density at radius 2 is 1.11 bits per heavy atom. The van der Waals surface area contributed by atoms with E-state index in [1.807, 2.05) is 24.3 Å². The zero-order valence-electron chi connectivity index (χ0n) is 12.1. The molecule has 0 aromatic heterocycles. The minimum Gasteiger partial charge on any atom is -0.398 e. The van der Waals surface area contributed by atoms with Gasteiger partial charge in [0, 0.05) is 16.8 Å². The van der Waals surface area contributed by atoms with Crippen molar-refractivity contribution in [2.75, 3.05) is 11.5 Å². The van der Waals surface area contributed by atoms with Gasteiger partial charge in [-0.15, -0.1) is 0 Å². The lowest BCUT2D eigenvalue weighted by Gasteiger charge is -2.29. The monoisotopic (exact) mass is 254 g/mol. The Kier molecular flexibility index (Phi) is 3.27. The smallest absolute Gasteiger partial charge is 0.0355 e. The maximum absolute atomic E-state index is 6.16. The van der Waals surface area contributed by atoms with Crippen LogP contribution in [0.1, 0.15) is 36.1 Å². The predicted molar refractivity (Wildman–Crippen MR) is 83.3 cm³/mol. The minimum absolute atomic E-state index is 0.202. The maximum Gasteiger partial charge on any atom is 0.0355 e. The molecule has 0 fully saturated rings. The second kappa shape index (κ2) is 4.61. The summed E-state index contributed by atoms with van der Waals surface area (Å²) in [5.41, 5.74) is 18.4. The molecule has 2 heteroatoms. The van der Waals surface area contributed by atoms with E-state index in [-0.39, 0.29) is 5.41 Å². The van der Waals surface area contributed by atoms with Crippen LogP contribution in [-0.4, -0.2) is 0 Å². The third kappa shape index (κ3) is 2.43. The number of nitrogen functional groups attached to an aromatic ring is 2. The number of rotatable bonds is 2. The van der Waals surface area contributed by atoms with Gasteiger partial charge in [0.05, 0.1) is 0 Å². The van der Waals surface area contributed by atoms with E-state index in [1.165, 1.54) is 11.1 Å². The van der Waals surface area contributed by atoms with Gasteiger partial charge < -0.3 is 11.5 Å². The molecule has 0 aliphatic heterocycles. The van der Waals surface area contributed by atoms with Crippen LogP contribution in [0.5, 0.6) is 0 Å². The Morgan fingerprint density at radius 1 is 0.737 bits per heavy atom. The molecule has 0 heterocycles. The lowest BCUT2D eigenvalue weighted by atomic mass is 9.76. The van der Waals surface area contributed by atoms with Crippen molar-refractivity contribution in [3.05, 3.63) is 58.7 Å². The van der Waals surface area contributed by atoms with Crippen LogP contribution in [0.2, 0.25) is 0 Å². The van der Waals surface area contributed by atoms with Crippen LogP contribution in [0.3, 0.4) is 0 Å². The van der Waals surface area contributed by atoms with Gasteiger partial charge in [-0.25, -0.2) is 0 Å². The molecule has 0 saturated heterocycles. The summed E-state index contributed by atoms with van der Waals surface area (Å²) < 4.78 is 0. The molecule has 4 N–H and O–H groups in total. The number of nitrogens with two attached hydrogens (primary N) is 2. The summed E-state index contributed by atoms with van der Waals surface area (Å²) in [7, 11) is 0. The highest BCUT2D eigenvalue weighted by molar-refractivity contribution is 5.61. The molecule has 0 bridgehead atoms. The number of hydrogen-bond donors (Lipinski definition) is 2. The van der Waals surface area contributed by atoms with Gasteiger partial charge in [0.2, 0.25) is 0 Å². The van der Waals surface area contributed by atoms with Crippen molar-refractivity contribution in [2.45, 2.75) is 33.1 Å². The molecule has 0 saturated carbocycles. The van der Waals surface area contributed by atoms with Crippen molar-refractivity contribution in [1.82, 2.24) is 0 Å². The standard InChI is InChI=1S/C17H22N2/c1-11-5-7-15(18)13(9-11)17(3,4)14-10-12(2)6-8-16(14)19/h5-10H,18-19H2,1-4H3. The molecule has 2 aromatic rings. The first-order valence-corrected chi connectivity index (χ1v) is 6.55. The van der Waals surface area contributed by atoms with E-state index in [0.29, 0.717) is 0 Å². The van der Waals surface area contributed by atoms with Gasteiger partial charge in [-0.1, -0.05) is 49.2 Å². The zero-order valence-corrected chi connectivity index (χ0v) is 12.1. The first kappa shape index (κ1) is 13.5. The summed E-state index contributed by atoms with van der Waals surface area (Å²) in [6.45, 7) is 8.50. The predicted octanol–water partition coefficient (Wildman–Crippen LogP) is 3.79. The summed E-state index contributed by atoms with van der Waals surface area (Å²) in [5, 5.41) is 0. The second-order valence-electron chi connectivity index (χ2n) is 5.81. The van der Waals surface area contributed by atoms with E-state index in [1.54, 1.807) is 0 Å². The van der Waals surface area contributed by atoms with E-state index in [2.05, 4.69) is 39.8 Å². The highest BCUT2D eigenvalue weighted by atomic mass is 14.6. The number of benzene rings is 2. The van der Waals surface area contributed by atoms with Gasteiger partial charge in [0.15, 0.2) is 0 Å². The fourth-order valence-electron chi connectivity index (χ4n) is 2.57. The molecule has 0 aliphatic carbocycles.